The van der Waals surface area contributed by atoms with Gasteiger partial charge in [-0.15, -0.1) is 0 Å². The van der Waals surface area contributed by atoms with E-state index in [2.05, 4.69) is 177 Å². The Morgan fingerprint density at radius 2 is 1.07 bits per heavy atom. The van der Waals surface area contributed by atoms with Gasteiger partial charge in [-0.2, -0.15) is 0 Å². The van der Waals surface area contributed by atoms with Gasteiger partial charge in [0.15, 0.2) is 8.07 Å². The Morgan fingerprint density at radius 3 is 1.66 bits per heavy atom. The number of pyridine rings is 1. The molecule has 1 nitrogen and oxygen atoms in total. The number of allylic oxidation sites excluding steroid dienone is 4. The molecular formula is C42H33NSi. The first-order valence-corrected chi connectivity index (χ1v) is 17.4. The summed E-state index contributed by atoms with van der Waals surface area (Å²) in [6.07, 6.45) is 8.28. The number of rotatable bonds is 5. The van der Waals surface area contributed by atoms with Crippen LogP contribution in [0.4, 0.5) is 0 Å². The third kappa shape index (κ3) is 4.10. The van der Waals surface area contributed by atoms with Crippen LogP contribution in [-0.4, -0.2) is 13.1 Å². The Labute approximate surface area is 260 Å². The first-order chi connectivity index (χ1) is 21.7. The number of nitrogens with zero attached hydrogens (tertiary/aromatic N) is 1. The number of aromatic nitrogens is 1. The second-order valence-electron chi connectivity index (χ2n) is 12.2. The van der Waals surface area contributed by atoms with Crippen LogP contribution in [0, 0.1) is 0 Å². The summed E-state index contributed by atoms with van der Waals surface area (Å²) in [5.74, 6) is 0. The fraction of sp³-hybridized carbons (Fsp3) is 0.0714. The van der Waals surface area contributed by atoms with E-state index in [1.807, 2.05) is 0 Å². The van der Waals surface area contributed by atoms with Crippen molar-refractivity contribution in [3.63, 3.8) is 0 Å². The topological polar surface area (TPSA) is 12.9 Å². The largest absolute Gasteiger partial charge is 0.248 e. The molecule has 0 saturated heterocycles. The van der Waals surface area contributed by atoms with E-state index in [0.29, 0.717) is 0 Å². The lowest BCUT2D eigenvalue weighted by Gasteiger charge is -2.46. The van der Waals surface area contributed by atoms with Crippen LogP contribution in [0.1, 0.15) is 19.0 Å². The van der Waals surface area contributed by atoms with Gasteiger partial charge in [-0.05, 0) is 67.0 Å². The van der Waals surface area contributed by atoms with Gasteiger partial charge in [0, 0.05) is 5.56 Å². The molecule has 6 aromatic rings. The van der Waals surface area contributed by atoms with Gasteiger partial charge >= 0.3 is 0 Å². The van der Waals surface area contributed by atoms with Crippen LogP contribution in [0.2, 0.25) is 5.04 Å². The van der Waals surface area contributed by atoms with Gasteiger partial charge in [-0.25, -0.2) is 4.98 Å². The molecule has 0 amide bonds. The molecule has 0 radical (unpaired) electrons. The highest BCUT2D eigenvalue weighted by Crippen LogP contribution is 2.50. The summed E-state index contributed by atoms with van der Waals surface area (Å²) in [5.41, 5.74) is 9.52. The second-order valence-corrected chi connectivity index (χ2v) is 16.5. The molecule has 0 spiro atoms. The SMILES string of the molecule is CC1([Si]2(c3ccccc3)c3ccccc3-c3ccccc32)C=CC(c2cc(-c3ccccc3)cc(-c3ccccc3)n2)=CC1. The van der Waals surface area contributed by atoms with Crippen LogP contribution in [0.5, 0.6) is 0 Å². The van der Waals surface area contributed by atoms with Crippen molar-refractivity contribution in [1.82, 2.24) is 4.98 Å². The van der Waals surface area contributed by atoms with Crippen molar-refractivity contribution in [1.29, 1.82) is 0 Å². The molecule has 2 aliphatic rings. The van der Waals surface area contributed by atoms with Gasteiger partial charge in [-0.1, -0.05) is 165 Å². The Morgan fingerprint density at radius 1 is 0.545 bits per heavy atom. The summed E-state index contributed by atoms with van der Waals surface area (Å²) in [6, 6.07) is 55.3. The van der Waals surface area contributed by atoms with Gasteiger partial charge in [-0.3, -0.25) is 0 Å². The average Bonchev–Trinajstić information content (AvgIpc) is 3.41. The third-order valence-electron chi connectivity index (χ3n) is 9.69. The fourth-order valence-electron chi connectivity index (χ4n) is 7.61. The van der Waals surface area contributed by atoms with Crippen LogP contribution in [0.15, 0.2) is 170 Å². The summed E-state index contributed by atoms with van der Waals surface area (Å²) in [4.78, 5) is 5.24. The minimum atomic E-state index is -2.48. The summed E-state index contributed by atoms with van der Waals surface area (Å²) in [5, 5.41) is 4.44. The third-order valence-corrected chi connectivity index (χ3v) is 15.5. The molecule has 0 fully saturated rings. The van der Waals surface area contributed by atoms with Crippen molar-refractivity contribution < 1.29 is 0 Å². The molecule has 5 aromatic carbocycles. The molecule has 210 valence electrons. The second kappa shape index (κ2) is 10.6. The van der Waals surface area contributed by atoms with Gasteiger partial charge in [0.2, 0.25) is 0 Å². The highest BCUT2D eigenvalue weighted by molar-refractivity contribution is 7.16. The van der Waals surface area contributed by atoms with Gasteiger partial charge < -0.3 is 0 Å². The van der Waals surface area contributed by atoms with Crippen LogP contribution in [0.25, 0.3) is 39.1 Å². The lowest BCUT2D eigenvalue weighted by Crippen LogP contribution is -2.71. The lowest BCUT2D eigenvalue weighted by atomic mass is 9.93. The van der Waals surface area contributed by atoms with Gasteiger partial charge in [0.25, 0.3) is 0 Å². The zero-order chi connectivity index (χ0) is 29.6. The summed E-state index contributed by atoms with van der Waals surface area (Å²) in [6.45, 7) is 2.50. The molecule has 1 aromatic heterocycles. The highest BCUT2D eigenvalue weighted by atomic mass is 28.3. The number of hydrogen-bond acceptors (Lipinski definition) is 1. The predicted molar refractivity (Wildman–Crippen MR) is 188 cm³/mol. The Hall–Kier alpha value is -5.05. The predicted octanol–water partition coefficient (Wildman–Crippen LogP) is 8.67. The maximum Gasteiger partial charge on any atom is 0.159 e. The maximum atomic E-state index is 5.24. The molecule has 0 saturated carbocycles. The van der Waals surface area contributed by atoms with Crippen molar-refractivity contribution in [2.24, 2.45) is 0 Å². The van der Waals surface area contributed by atoms with Crippen LogP contribution >= 0.6 is 0 Å². The van der Waals surface area contributed by atoms with Crippen LogP contribution < -0.4 is 15.6 Å². The number of hydrogen-bond donors (Lipinski definition) is 0. The molecule has 0 bridgehead atoms. The van der Waals surface area contributed by atoms with Crippen LogP contribution in [0.3, 0.4) is 0 Å². The number of fused-ring (bicyclic) bond motifs is 3. The van der Waals surface area contributed by atoms with Crippen molar-refractivity contribution in [3.05, 3.63) is 176 Å². The zero-order valence-electron chi connectivity index (χ0n) is 24.8. The lowest BCUT2D eigenvalue weighted by molar-refractivity contribution is 0.742. The Bertz CT molecular complexity index is 1940. The molecule has 44 heavy (non-hydrogen) atoms. The zero-order valence-corrected chi connectivity index (χ0v) is 25.8. The van der Waals surface area contributed by atoms with Crippen molar-refractivity contribution in [2.45, 2.75) is 18.4 Å². The van der Waals surface area contributed by atoms with Gasteiger partial charge in [0.05, 0.1) is 11.4 Å². The van der Waals surface area contributed by atoms with Gasteiger partial charge in [0.1, 0.15) is 0 Å². The fourth-order valence-corrected chi connectivity index (χ4v) is 13.8. The standard InChI is InChI=1S/C42H33NSi/c1-42(44(35-19-9-4-10-20-35)40-23-13-11-21-36(40)37-22-12-14-24-41(37)44)27-25-33(26-28-42)39-30-34(31-15-5-2-6-16-31)29-38(43-39)32-17-7-3-8-18-32/h2-27,29-30H,28H2,1H3. The molecule has 1 aliphatic heterocycles. The highest BCUT2D eigenvalue weighted by Gasteiger charge is 2.57. The quantitative estimate of drug-likeness (QED) is 0.186. The Kier molecular flexibility index (Phi) is 6.39. The molecule has 2 heteroatoms. The van der Waals surface area contributed by atoms with E-state index < -0.39 is 8.07 Å². The van der Waals surface area contributed by atoms with E-state index in [1.54, 1.807) is 0 Å². The Balaban J connectivity index is 1.28. The molecule has 8 rings (SSSR count). The average molecular weight is 580 g/mol. The minimum Gasteiger partial charge on any atom is -0.248 e. The molecule has 1 aliphatic carbocycles. The summed E-state index contributed by atoms with van der Waals surface area (Å²) < 4.78 is 0. The first kappa shape index (κ1) is 26.6. The molecule has 2 heterocycles. The van der Waals surface area contributed by atoms with E-state index in [-0.39, 0.29) is 5.04 Å². The molecular weight excluding hydrogens is 547 g/mol. The number of benzene rings is 5. The maximum absolute atomic E-state index is 5.24. The van der Waals surface area contributed by atoms with Crippen LogP contribution in [-0.2, 0) is 0 Å². The van der Waals surface area contributed by atoms with Crippen molar-refractivity contribution in [2.75, 3.05) is 0 Å². The summed E-state index contributed by atoms with van der Waals surface area (Å²) >= 11 is 0. The van der Waals surface area contributed by atoms with E-state index in [1.165, 1.54) is 43.4 Å². The monoisotopic (exact) mass is 579 g/mol. The van der Waals surface area contributed by atoms with E-state index in [0.717, 1.165) is 23.4 Å². The first-order valence-electron chi connectivity index (χ1n) is 15.4. The smallest absolute Gasteiger partial charge is 0.159 e. The summed E-state index contributed by atoms with van der Waals surface area (Å²) in [7, 11) is -2.48. The minimum absolute atomic E-state index is 0.0696. The molecule has 1 unspecified atom stereocenters. The normalized spacial score (nSPS) is 17.9. The van der Waals surface area contributed by atoms with Crippen molar-refractivity contribution >= 4 is 29.2 Å². The molecule has 1 atom stereocenters. The van der Waals surface area contributed by atoms with E-state index >= 15 is 0 Å². The van der Waals surface area contributed by atoms with E-state index in [4.69, 9.17) is 4.98 Å². The van der Waals surface area contributed by atoms with E-state index in [9.17, 15) is 0 Å². The molecule has 0 N–H and O–H groups in total. The van der Waals surface area contributed by atoms with Crippen molar-refractivity contribution in [3.8, 4) is 33.5 Å².